The first-order chi connectivity index (χ1) is 17.6. The molecule has 196 valence electrons. The van der Waals surface area contributed by atoms with Crippen LogP contribution in [-0.4, -0.2) is 36.2 Å². The molecule has 3 N–H and O–H groups in total. The molecule has 4 rings (SSSR count). The Labute approximate surface area is 212 Å². The Kier molecular flexibility index (Phi) is 7.85. The Morgan fingerprint density at radius 1 is 1.05 bits per heavy atom. The van der Waals surface area contributed by atoms with Crippen LogP contribution in [0.3, 0.4) is 0 Å². The van der Waals surface area contributed by atoms with E-state index in [1.54, 1.807) is 36.4 Å². The molecule has 1 heterocycles. The zero-order valence-corrected chi connectivity index (χ0v) is 20.6. The lowest BCUT2D eigenvalue weighted by Crippen LogP contribution is -2.47. The topological polar surface area (TPSA) is 92.3 Å². The number of carbonyl (C=O) groups is 2. The third-order valence-corrected chi connectivity index (χ3v) is 6.48. The number of rotatable bonds is 6. The van der Waals surface area contributed by atoms with Gasteiger partial charge in [0.05, 0.1) is 12.6 Å². The summed E-state index contributed by atoms with van der Waals surface area (Å²) in [5.41, 5.74) is 1.20. The standard InChI is InChI=1S/C27H29F3N4O3/c1-16-11-12-21-20(13-16)22(15-23(33-21)27(28,29)30)31-18-9-6-10-19(14-18)32-25(35)24(34-26(36)37-2)17-7-4-3-5-8-17/h3-5,7-8,11-13,15,18-19,24H,6,9-10,14H2,1-2H3,(H,31,33)(H,32,35)(H,34,36)/t18-,19+,24+/m0/s1. The number of nitrogens with zero attached hydrogens (tertiary/aromatic N) is 1. The van der Waals surface area contributed by atoms with E-state index >= 15 is 0 Å². The number of hydrogen-bond donors (Lipinski definition) is 3. The molecule has 3 atom stereocenters. The van der Waals surface area contributed by atoms with Gasteiger partial charge in [0, 0.05) is 23.2 Å². The molecule has 10 heteroatoms. The summed E-state index contributed by atoms with van der Waals surface area (Å²) in [5.74, 6) is -0.383. The minimum absolute atomic E-state index is 0.157. The normalized spacial score (nSPS) is 18.6. The Hall–Kier alpha value is -3.82. The summed E-state index contributed by atoms with van der Waals surface area (Å²) in [6.07, 6.45) is -2.55. The van der Waals surface area contributed by atoms with Crippen LogP contribution in [0.4, 0.5) is 23.7 Å². The number of aromatic nitrogens is 1. The van der Waals surface area contributed by atoms with Gasteiger partial charge in [0.25, 0.3) is 0 Å². The number of nitrogens with one attached hydrogen (secondary N) is 3. The Balaban J connectivity index is 1.51. The highest BCUT2D eigenvalue weighted by atomic mass is 19.4. The number of amides is 2. The molecule has 1 aliphatic carbocycles. The number of alkyl carbamates (subject to hydrolysis) is 1. The van der Waals surface area contributed by atoms with Gasteiger partial charge < -0.3 is 20.7 Å². The van der Waals surface area contributed by atoms with Gasteiger partial charge in [-0.2, -0.15) is 13.2 Å². The fourth-order valence-electron chi connectivity index (χ4n) is 4.68. The van der Waals surface area contributed by atoms with Gasteiger partial charge in [-0.3, -0.25) is 4.79 Å². The summed E-state index contributed by atoms with van der Waals surface area (Å²) in [6.45, 7) is 1.87. The van der Waals surface area contributed by atoms with Crippen molar-refractivity contribution in [1.82, 2.24) is 15.6 Å². The molecule has 0 radical (unpaired) electrons. The number of fused-ring (bicyclic) bond motifs is 1. The number of carbonyl (C=O) groups excluding carboxylic acids is 2. The average Bonchev–Trinajstić information content (AvgIpc) is 2.87. The molecule has 2 amide bonds. The Bertz CT molecular complexity index is 1270. The van der Waals surface area contributed by atoms with E-state index in [4.69, 9.17) is 0 Å². The highest BCUT2D eigenvalue weighted by Gasteiger charge is 2.34. The number of alkyl halides is 3. The van der Waals surface area contributed by atoms with E-state index in [1.165, 1.54) is 7.11 Å². The van der Waals surface area contributed by atoms with E-state index in [9.17, 15) is 22.8 Å². The summed E-state index contributed by atoms with van der Waals surface area (Å²) in [4.78, 5) is 28.8. The van der Waals surface area contributed by atoms with Crippen molar-refractivity contribution >= 4 is 28.6 Å². The largest absolute Gasteiger partial charge is 0.453 e. The van der Waals surface area contributed by atoms with Crippen molar-refractivity contribution in [3.63, 3.8) is 0 Å². The van der Waals surface area contributed by atoms with Crippen LogP contribution in [0.15, 0.2) is 54.6 Å². The van der Waals surface area contributed by atoms with Gasteiger partial charge in [0.15, 0.2) is 0 Å². The molecular weight excluding hydrogens is 485 g/mol. The number of anilines is 1. The Morgan fingerprint density at radius 3 is 2.49 bits per heavy atom. The summed E-state index contributed by atoms with van der Waals surface area (Å²) in [5, 5.41) is 9.47. The van der Waals surface area contributed by atoms with E-state index in [1.807, 2.05) is 19.1 Å². The molecule has 7 nitrogen and oxygen atoms in total. The number of benzene rings is 2. The summed E-state index contributed by atoms with van der Waals surface area (Å²) in [6, 6.07) is 13.7. The van der Waals surface area contributed by atoms with Gasteiger partial charge in [-0.15, -0.1) is 0 Å². The van der Waals surface area contributed by atoms with E-state index in [0.29, 0.717) is 29.5 Å². The van der Waals surface area contributed by atoms with Crippen molar-refractivity contribution in [3.8, 4) is 0 Å². The predicted octanol–water partition coefficient (Wildman–Crippen LogP) is 5.50. The first-order valence-electron chi connectivity index (χ1n) is 12.1. The number of hydrogen-bond acceptors (Lipinski definition) is 5. The number of methoxy groups -OCH3 is 1. The predicted molar refractivity (Wildman–Crippen MR) is 134 cm³/mol. The molecule has 0 unspecified atom stereocenters. The minimum Gasteiger partial charge on any atom is -0.453 e. The third kappa shape index (κ3) is 6.49. The lowest BCUT2D eigenvalue weighted by molar-refractivity contribution is -0.140. The quantitative estimate of drug-likeness (QED) is 0.404. The molecule has 3 aromatic rings. The van der Waals surface area contributed by atoms with E-state index < -0.39 is 24.0 Å². The van der Waals surface area contributed by atoms with Crippen molar-refractivity contribution < 1.29 is 27.5 Å². The van der Waals surface area contributed by atoms with Crippen molar-refractivity contribution in [3.05, 3.63) is 71.4 Å². The fourth-order valence-corrected chi connectivity index (χ4v) is 4.68. The lowest BCUT2D eigenvalue weighted by atomic mass is 9.90. The SMILES string of the molecule is COC(=O)N[C@@H](C(=O)N[C@@H]1CCC[C@H](Nc2cc(C(F)(F)F)nc3ccc(C)cc23)C1)c1ccccc1. The second kappa shape index (κ2) is 11.1. The molecule has 1 saturated carbocycles. The molecule has 1 aromatic heterocycles. The molecule has 0 spiro atoms. The smallest absolute Gasteiger partial charge is 0.433 e. The number of pyridine rings is 1. The molecule has 37 heavy (non-hydrogen) atoms. The van der Waals surface area contributed by atoms with Crippen LogP contribution in [0.1, 0.15) is 48.5 Å². The Morgan fingerprint density at radius 2 is 1.78 bits per heavy atom. The second-order valence-corrected chi connectivity index (χ2v) is 9.27. The molecule has 0 aliphatic heterocycles. The maximum atomic E-state index is 13.5. The van der Waals surface area contributed by atoms with E-state index in [-0.39, 0.29) is 23.5 Å². The van der Waals surface area contributed by atoms with E-state index in [0.717, 1.165) is 24.5 Å². The van der Waals surface area contributed by atoms with Gasteiger partial charge in [0.1, 0.15) is 11.7 Å². The molecule has 0 bridgehead atoms. The highest BCUT2D eigenvalue weighted by molar-refractivity contribution is 5.92. The van der Waals surface area contributed by atoms with Gasteiger partial charge in [-0.25, -0.2) is 9.78 Å². The summed E-state index contributed by atoms with van der Waals surface area (Å²) >= 11 is 0. The van der Waals surface area contributed by atoms with Crippen molar-refractivity contribution in [2.75, 3.05) is 12.4 Å². The highest BCUT2D eigenvalue weighted by Crippen LogP contribution is 2.35. The lowest BCUT2D eigenvalue weighted by Gasteiger charge is -2.32. The van der Waals surface area contributed by atoms with Crippen molar-refractivity contribution in [2.45, 2.75) is 56.9 Å². The molecule has 0 saturated heterocycles. The van der Waals surface area contributed by atoms with Gasteiger partial charge >= 0.3 is 12.3 Å². The molecule has 1 fully saturated rings. The van der Waals surface area contributed by atoms with Crippen LogP contribution < -0.4 is 16.0 Å². The fraction of sp³-hybridized carbons (Fsp3) is 0.370. The summed E-state index contributed by atoms with van der Waals surface area (Å²) in [7, 11) is 1.22. The second-order valence-electron chi connectivity index (χ2n) is 9.27. The van der Waals surface area contributed by atoms with Crippen LogP contribution in [0.25, 0.3) is 10.9 Å². The molecule has 2 aromatic carbocycles. The first-order valence-corrected chi connectivity index (χ1v) is 12.1. The van der Waals surface area contributed by atoms with Crippen LogP contribution in [0.5, 0.6) is 0 Å². The zero-order valence-electron chi connectivity index (χ0n) is 20.6. The van der Waals surface area contributed by atoms with E-state index in [2.05, 4.69) is 25.7 Å². The average molecular weight is 515 g/mol. The van der Waals surface area contributed by atoms with Crippen LogP contribution >= 0.6 is 0 Å². The molecular formula is C27H29F3N4O3. The minimum atomic E-state index is -4.57. The number of aryl methyl sites for hydroxylation is 1. The number of halogens is 3. The van der Waals surface area contributed by atoms with Crippen molar-refractivity contribution in [1.29, 1.82) is 0 Å². The maximum Gasteiger partial charge on any atom is 0.433 e. The van der Waals surface area contributed by atoms with Crippen LogP contribution in [-0.2, 0) is 15.7 Å². The zero-order chi connectivity index (χ0) is 26.6. The maximum absolute atomic E-state index is 13.5. The van der Waals surface area contributed by atoms with Crippen molar-refractivity contribution in [2.24, 2.45) is 0 Å². The van der Waals surface area contributed by atoms with Gasteiger partial charge in [0.2, 0.25) is 5.91 Å². The van der Waals surface area contributed by atoms with Crippen LogP contribution in [0, 0.1) is 6.92 Å². The molecule has 1 aliphatic rings. The van der Waals surface area contributed by atoms with Gasteiger partial charge in [-0.05, 0) is 56.4 Å². The first kappa shape index (κ1) is 26.2. The summed E-state index contributed by atoms with van der Waals surface area (Å²) < 4.78 is 45.2. The third-order valence-electron chi connectivity index (χ3n) is 6.48. The van der Waals surface area contributed by atoms with Crippen LogP contribution in [0.2, 0.25) is 0 Å². The number of ether oxygens (including phenoxy) is 1. The van der Waals surface area contributed by atoms with Gasteiger partial charge in [-0.1, -0.05) is 42.0 Å². The monoisotopic (exact) mass is 514 g/mol.